The van der Waals surface area contributed by atoms with Gasteiger partial charge in [0.2, 0.25) is 5.91 Å². The summed E-state index contributed by atoms with van der Waals surface area (Å²) in [5.74, 6) is 1.19. The smallest absolute Gasteiger partial charge is 0.237 e. The molecule has 2 nitrogen and oxygen atoms in total. The zero-order chi connectivity index (χ0) is 11.5. The molecule has 1 fully saturated rings. The molecule has 2 rings (SSSR count). The second kappa shape index (κ2) is 5.11. The average molecular weight is 256 g/mol. The Labute approximate surface area is 105 Å². The molecule has 0 bridgehead atoms. The number of nitrogens with one attached hydrogen (secondary N) is 1. The van der Waals surface area contributed by atoms with Crippen LogP contribution in [0.3, 0.4) is 0 Å². The van der Waals surface area contributed by atoms with Gasteiger partial charge < -0.3 is 5.32 Å². The molecule has 1 amide bonds. The predicted molar refractivity (Wildman–Crippen MR) is 70.3 cm³/mol. The number of hydrogen-bond donors (Lipinski definition) is 1. The highest BCUT2D eigenvalue weighted by molar-refractivity contribution is 8.00. The number of rotatable bonds is 2. The van der Waals surface area contributed by atoms with E-state index in [0.29, 0.717) is 5.02 Å². The van der Waals surface area contributed by atoms with Crippen molar-refractivity contribution >= 4 is 35.0 Å². The number of benzene rings is 1. The molecule has 1 saturated heterocycles. The van der Waals surface area contributed by atoms with Gasteiger partial charge in [-0.3, -0.25) is 4.79 Å². The van der Waals surface area contributed by atoms with Gasteiger partial charge in [0.25, 0.3) is 0 Å². The maximum atomic E-state index is 11.9. The molecule has 1 aliphatic heterocycles. The van der Waals surface area contributed by atoms with E-state index in [9.17, 15) is 4.79 Å². The minimum atomic E-state index is 0.105. The molecular formula is C12H14ClNOS. The van der Waals surface area contributed by atoms with Crippen LogP contribution in [0.1, 0.15) is 18.4 Å². The molecule has 0 spiro atoms. The first-order valence-electron chi connectivity index (χ1n) is 5.35. The van der Waals surface area contributed by atoms with Gasteiger partial charge in [0.1, 0.15) is 0 Å². The minimum Gasteiger partial charge on any atom is -0.325 e. The summed E-state index contributed by atoms with van der Waals surface area (Å²) < 4.78 is 0. The van der Waals surface area contributed by atoms with Crippen molar-refractivity contribution in [2.45, 2.75) is 25.0 Å². The van der Waals surface area contributed by atoms with Crippen molar-refractivity contribution in [1.82, 2.24) is 0 Å². The van der Waals surface area contributed by atoms with E-state index < -0.39 is 0 Å². The molecule has 16 heavy (non-hydrogen) atoms. The van der Waals surface area contributed by atoms with Crippen LogP contribution in [-0.2, 0) is 4.79 Å². The Morgan fingerprint density at radius 2 is 2.38 bits per heavy atom. The number of carbonyl (C=O) groups excluding carboxylic acids is 1. The highest BCUT2D eigenvalue weighted by Crippen LogP contribution is 2.28. The van der Waals surface area contributed by atoms with Crippen LogP contribution in [0.2, 0.25) is 5.02 Å². The minimum absolute atomic E-state index is 0.105. The first-order valence-corrected chi connectivity index (χ1v) is 6.78. The van der Waals surface area contributed by atoms with Crippen LogP contribution < -0.4 is 5.32 Å². The Kier molecular flexibility index (Phi) is 3.77. The van der Waals surface area contributed by atoms with Gasteiger partial charge in [-0.05, 0) is 43.2 Å². The fraction of sp³-hybridized carbons (Fsp3) is 0.417. The third kappa shape index (κ3) is 2.71. The molecule has 1 aliphatic rings. The Morgan fingerprint density at radius 3 is 3.06 bits per heavy atom. The van der Waals surface area contributed by atoms with E-state index in [0.717, 1.165) is 29.8 Å². The van der Waals surface area contributed by atoms with Gasteiger partial charge in [-0.25, -0.2) is 0 Å². The quantitative estimate of drug-likeness (QED) is 0.877. The SMILES string of the molecule is Cc1ccc(Cl)cc1NC(=O)C1CCCS1. The molecule has 1 aromatic carbocycles. The van der Waals surface area contributed by atoms with Gasteiger partial charge in [0.15, 0.2) is 0 Å². The van der Waals surface area contributed by atoms with Crippen LogP contribution >= 0.6 is 23.4 Å². The van der Waals surface area contributed by atoms with Crippen LogP contribution in [0, 0.1) is 6.92 Å². The van der Waals surface area contributed by atoms with Crippen LogP contribution in [0.5, 0.6) is 0 Å². The molecule has 1 unspecified atom stereocenters. The molecule has 0 radical (unpaired) electrons. The summed E-state index contributed by atoms with van der Waals surface area (Å²) in [7, 11) is 0. The molecule has 1 atom stereocenters. The van der Waals surface area contributed by atoms with Crippen LogP contribution in [-0.4, -0.2) is 16.9 Å². The fourth-order valence-electron chi connectivity index (χ4n) is 1.73. The van der Waals surface area contributed by atoms with Crippen molar-refractivity contribution in [3.8, 4) is 0 Å². The van der Waals surface area contributed by atoms with Gasteiger partial charge in [-0.15, -0.1) is 11.8 Å². The molecule has 0 saturated carbocycles. The van der Waals surface area contributed by atoms with Crippen molar-refractivity contribution in [3.63, 3.8) is 0 Å². The molecule has 86 valence electrons. The molecule has 1 heterocycles. The summed E-state index contributed by atoms with van der Waals surface area (Å²) in [5.41, 5.74) is 1.87. The summed E-state index contributed by atoms with van der Waals surface area (Å²) in [6.45, 7) is 1.97. The summed E-state index contributed by atoms with van der Waals surface area (Å²) in [5, 5.41) is 3.71. The normalized spacial score (nSPS) is 19.8. The molecule has 4 heteroatoms. The van der Waals surface area contributed by atoms with Gasteiger partial charge in [-0.1, -0.05) is 17.7 Å². The average Bonchev–Trinajstić information content (AvgIpc) is 2.76. The zero-order valence-electron chi connectivity index (χ0n) is 9.13. The van der Waals surface area contributed by atoms with E-state index in [4.69, 9.17) is 11.6 Å². The summed E-state index contributed by atoms with van der Waals surface area (Å²) in [6.07, 6.45) is 2.12. The van der Waals surface area contributed by atoms with E-state index in [1.165, 1.54) is 0 Å². The van der Waals surface area contributed by atoms with Crippen LogP contribution in [0.4, 0.5) is 5.69 Å². The molecular weight excluding hydrogens is 242 g/mol. The lowest BCUT2D eigenvalue weighted by atomic mass is 10.2. The lowest BCUT2D eigenvalue weighted by molar-refractivity contribution is -0.115. The fourth-order valence-corrected chi connectivity index (χ4v) is 3.06. The number of aryl methyl sites for hydroxylation is 1. The predicted octanol–water partition coefficient (Wildman–Crippen LogP) is 3.48. The van der Waals surface area contributed by atoms with E-state index in [2.05, 4.69) is 5.32 Å². The lowest BCUT2D eigenvalue weighted by Crippen LogP contribution is -2.23. The van der Waals surface area contributed by atoms with E-state index in [1.54, 1.807) is 17.8 Å². The number of amides is 1. The number of thioether (sulfide) groups is 1. The Bertz CT molecular complexity index is 402. The zero-order valence-corrected chi connectivity index (χ0v) is 10.7. The van der Waals surface area contributed by atoms with Gasteiger partial charge in [-0.2, -0.15) is 0 Å². The highest BCUT2D eigenvalue weighted by atomic mass is 35.5. The van der Waals surface area contributed by atoms with E-state index in [1.807, 2.05) is 19.1 Å². The second-order valence-corrected chi connectivity index (χ2v) is 5.70. The van der Waals surface area contributed by atoms with E-state index >= 15 is 0 Å². The van der Waals surface area contributed by atoms with E-state index in [-0.39, 0.29) is 11.2 Å². The standard InChI is InChI=1S/C12H14ClNOS/c1-8-4-5-9(13)7-10(8)14-12(15)11-3-2-6-16-11/h4-5,7,11H,2-3,6H2,1H3,(H,14,15). The summed E-state index contributed by atoms with van der Waals surface area (Å²) >= 11 is 7.64. The maximum Gasteiger partial charge on any atom is 0.237 e. The van der Waals surface area contributed by atoms with Crippen molar-refractivity contribution in [2.24, 2.45) is 0 Å². The first kappa shape index (κ1) is 11.8. The van der Waals surface area contributed by atoms with Crippen LogP contribution in [0.25, 0.3) is 0 Å². The third-order valence-corrected chi connectivity index (χ3v) is 4.29. The van der Waals surface area contributed by atoms with Crippen molar-refractivity contribution in [2.75, 3.05) is 11.1 Å². The third-order valence-electron chi connectivity index (χ3n) is 2.68. The van der Waals surface area contributed by atoms with Crippen molar-refractivity contribution in [1.29, 1.82) is 0 Å². The maximum absolute atomic E-state index is 11.9. The summed E-state index contributed by atoms with van der Waals surface area (Å²) in [4.78, 5) is 11.9. The first-order chi connectivity index (χ1) is 7.66. The summed E-state index contributed by atoms with van der Waals surface area (Å²) in [6, 6.07) is 5.55. The van der Waals surface area contributed by atoms with Crippen LogP contribution in [0.15, 0.2) is 18.2 Å². The van der Waals surface area contributed by atoms with Crippen molar-refractivity contribution < 1.29 is 4.79 Å². The largest absolute Gasteiger partial charge is 0.325 e. The molecule has 1 N–H and O–H groups in total. The van der Waals surface area contributed by atoms with Gasteiger partial charge >= 0.3 is 0 Å². The Hall–Kier alpha value is -0.670. The number of carbonyl (C=O) groups is 1. The monoisotopic (exact) mass is 255 g/mol. The Balaban J connectivity index is 2.07. The molecule has 0 aromatic heterocycles. The van der Waals surface area contributed by atoms with Gasteiger partial charge in [0.05, 0.1) is 5.25 Å². The van der Waals surface area contributed by atoms with Gasteiger partial charge in [0, 0.05) is 10.7 Å². The lowest BCUT2D eigenvalue weighted by Gasteiger charge is -2.12. The van der Waals surface area contributed by atoms with Crippen molar-refractivity contribution in [3.05, 3.63) is 28.8 Å². The number of halogens is 1. The number of hydrogen-bond acceptors (Lipinski definition) is 2. The highest BCUT2D eigenvalue weighted by Gasteiger charge is 2.23. The number of anilines is 1. The Morgan fingerprint density at radius 1 is 1.56 bits per heavy atom. The topological polar surface area (TPSA) is 29.1 Å². The molecule has 0 aliphatic carbocycles. The second-order valence-electron chi connectivity index (χ2n) is 3.95. The molecule has 1 aromatic rings.